The van der Waals surface area contributed by atoms with Gasteiger partial charge in [-0.15, -0.1) is 0 Å². The predicted molar refractivity (Wildman–Crippen MR) is 127 cm³/mol. The lowest BCUT2D eigenvalue weighted by Gasteiger charge is -2.38. The van der Waals surface area contributed by atoms with Crippen LogP contribution < -0.4 is 14.2 Å². The maximum absolute atomic E-state index is 14.2. The van der Waals surface area contributed by atoms with Crippen LogP contribution in [-0.4, -0.2) is 50.8 Å². The van der Waals surface area contributed by atoms with Crippen LogP contribution in [0.4, 0.5) is 4.39 Å². The van der Waals surface area contributed by atoms with Gasteiger partial charge in [-0.3, -0.25) is 4.79 Å². The van der Waals surface area contributed by atoms with E-state index in [1.807, 2.05) is 12.1 Å². The van der Waals surface area contributed by atoms with Gasteiger partial charge in [-0.1, -0.05) is 25.5 Å². The summed E-state index contributed by atoms with van der Waals surface area (Å²) in [4.78, 5) is 14.2. The molecule has 2 aromatic carbocycles. The number of ether oxygens (including phenoxy) is 4. The number of unbranched alkanes of at least 4 members (excludes halogenated alkanes) is 1. The summed E-state index contributed by atoms with van der Waals surface area (Å²) >= 11 is 0. The van der Waals surface area contributed by atoms with Crippen LogP contribution in [0.5, 0.6) is 17.2 Å². The van der Waals surface area contributed by atoms with Crippen molar-refractivity contribution in [3.8, 4) is 17.2 Å². The lowest BCUT2D eigenvalue weighted by molar-refractivity contribution is -0.144. The monoisotopic (exact) mass is 471 g/mol. The van der Waals surface area contributed by atoms with Crippen molar-refractivity contribution < 1.29 is 28.1 Å². The van der Waals surface area contributed by atoms with Crippen LogP contribution in [0.15, 0.2) is 36.4 Å². The minimum absolute atomic E-state index is 0.000751. The Labute approximate surface area is 200 Å². The molecule has 2 heterocycles. The molecule has 1 fully saturated rings. The van der Waals surface area contributed by atoms with Gasteiger partial charge < -0.3 is 23.8 Å². The van der Waals surface area contributed by atoms with Crippen LogP contribution in [0.3, 0.4) is 0 Å². The number of likely N-dealkylation sites (tertiary alicyclic amines) is 1. The zero-order valence-corrected chi connectivity index (χ0v) is 20.1. The highest BCUT2D eigenvalue weighted by Gasteiger charge is 2.43. The Kier molecular flexibility index (Phi) is 7.93. The Morgan fingerprint density at radius 1 is 1.21 bits per heavy atom. The van der Waals surface area contributed by atoms with E-state index in [4.69, 9.17) is 18.9 Å². The number of carbonyl (C=O) groups is 1. The Hall–Kier alpha value is -2.80. The second-order valence-corrected chi connectivity index (χ2v) is 9.10. The summed E-state index contributed by atoms with van der Waals surface area (Å²) in [6.45, 7) is 5.93. The molecule has 1 saturated heterocycles. The number of esters is 1. The number of fused-ring (bicyclic) bond motifs is 2. The van der Waals surface area contributed by atoms with E-state index >= 15 is 0 Å². The average molecular weight is 472 g/mol. The predicted octanol–water partition coefficient (Wildman–Crippen LogP) is 4.87. The van der Waals surface area contributed by atoms with Gasteiger partial charge in [-0.2, -0.15) is 0 Å². The fraction of sp³-hybridized carbons (Fsp3) is 0.519. The van der Waals surface area contributed by atoms with E-state index in [9.17, 15) is 9.18 Å². The molecule has 0 bridgehead atoms. The molecule has 1 spiro atoms. The second-order valence-electron chi connectivity index (χ2n) is 9.10. The van der Waals surface area contributed by atoms with Crippen LogP contribution in [0, 0.1) is 5.82 Å². The van der Waals surface area contributed by atoms with E-state index in [2.05, 4.69) is 17.9 Å². The first-order chi connectivity index (χ1) is 16.5. The molecular formula is C27H34FNO5. The number of carbonyl (C=O) groups excluding carboxylic acids is 1. The highest BCUT2D eigenvalue weighted by molar-refractivity contribution is 5.69. The summed E-state index contributed by atoms with van der Waals surface area (Å²) in [5.41, 5.74) is 1.60. The van der Waals surface area contributed by atoms with Crippen molar-refractivity contribution in [3.63, 3.8) is 0 Å². The van der Waals surface area contributed by atoms with Crippen molar-refractivity contribution in [1.29, 1.82) is 0 Å². The van der Waals surface area contributed by atoms with Crippen LogP contribution in [0.2, 0.25) is 0 Å². The third-order valence-corrected chi connectivity index (χ3v) is 6.91. The topological polar surface area (TPSA) is 57.2 Å². The maximum Gasteiger partial charge on any atom is 0.307 e. The molecule has 0 N–H and O–H groups in total. The molecule has 0 unspecified atom stereocenters. The number of halogens is 1. The average Bonchev–Trinajstić information content (AvgIpc) is 3.20. The number of hydrogen-bond donors (Lipinski definition) is 0. The summed E-state index contributed by atoms with van der Waals surface area (Å²) < 4.78 is 36.6. The van der Waals surface area contributed by atoms with Gasteiger partial charge in [0.15, 0.2) is 0 Å². The van der Waals surface area contributed by atoms with Crippen molar-refractivity contribution in [2.75, 3.05) is 40.0 Å². The molecular weight excluding hydrogens is 437 g/mol. The summed E-state index contributed by atoms with van der Waals surface area (Å²) in [6.07, 6.45) is 4.35. The highest BCUT2D eigenvalue weighted by atomic mass is 19.1. The van der Waals surface area contributed by atoms with E-state index in [0.717, 1.165) is 51.1 Å². The molecule has 184 valence electrons. The van der Waals surface area contributed by atoms with Crippen LogP contribution in [0.25, 0.3) is 0 Å². The van der Waals surface area contributed by atoms with Crippen molar-refractivity contribution in [3.05, 3.63) is 53.3 Å². The summed E-state index contributed by atoms with van der Waals surface area (Å²) in [6, 6.07) is 10.6. The summed E-state index contributed by atoms with van der Waals surface area (Å²) in [5.74, 6) is 1.49. The van der Waals surface area contributed by atoms with Gasteiger partial charge >= 0.3 is 5.97 Å². The lowest BCUT2D eigenvalue weighted by atomic mass is 9.74. The van der Waals surface area contributed by atoms with Crippen LogP contribution in [-0.2, 0) is 21.6 Å². The van der Waals surface area contributed by atoms with Crippen molar-refractivity contribution in [2.45, 2.75) is 51.0 Å². The molecule has 0 radical (unpaired) electrons. The quantitative estimate of drug-likeness (QED) is 0.364. The molecule has 0 aliphatic carbocycles. The second kappa shape index (κ2) is 11.1. The van der Waals surface area contributed by atoms with E-state index in [1.165, 1.54) is 18.7 Å². The molecule has 2 aliphatic rings. The molecule has 2 aliphatic heterocycles. The molecule has 6 nitrogen and oxygen atoms in total. The minimum Gasteiger partial charge on any atom is -0.496 e. The third kappa shape index (κ3) is 5.46. The van der Waals surface area contributed by atoms with Crippen molar-refractivity contribution in [2.24, 2.45) is 0 Å². The van der Waals surface area contributed by atoms with Crippen LogP contribution in [0.1, 0.15) is 50.2 Å². The Morgan fingerprint density at radius 3 is 2.79 bits per heavy atom. The Morgan fingerprint density at radius 2 is 2.03 bits per heavy atom. The number of nitrogens with zero attached hydrogens (tertiary/aromatic N) is 1. The standard InChI is InChI=1S/C27H34FNO5/c1-3-4-16-32-26(30)10-13-29-14-11-27(12-15-29)19-34-25-17-20(8-9-22(25)27)33-18-21-23(28)6-5-7-24(21)31-2/h5-9,17H,3-4,10-16,18-19H2,1-2H3. The fourth-order valence-corrected chi connectivity index (χ4v) is 4.74. The Bertz CT molecular complexity index is 987. The molecule has 4 rings (SSSR count). The van der Waals surface area contributed by atoms with E-state index in [0.29, 0.717) is 36.7 Å². The first-order valence-corrected chi connectivity index (χ1v) is 12.1. The molecule has 34 heavy (non-hydrogen) atoms. The Balaban J connectivity index is 1.31. The minimum atomic E-state index is -0.350. The number of methoxy groups -OCH3 is 1. The molecule has 2 aromatic rings. The summed E-state index contributed by atoms with van der Waals surface area (Å²) in [7, 11) is 1.52. The fourth-order valence-electron chi connectivity index (χ4n) is 4.74. The molecule has 0 amide bonds. The largest absolute Gasteiger partial charge is 0.496 e. The number of hydrogen-bond acceptors (Lipinski definition) is 6. The first-order valence-electron chi connectivity index (χ1n) is 12.1. The van der Waals surface area contributed by atoms with E-state index < -0.39 is 0 Å². The number of rotatable bonds is 10. The van der Waals surface area contributed by atoms with Gasteiger partial charge in [0.05, 0.1) is 32.3 Å². The van der Waals surface area contributed by atoms with Gasteiger partial charge in [0.1, 0.15) is 29.7 Å². The SMILES string of the molecule is CCCCOC(=O)CCN1CCC2(CC1)COc1cc(OCc3c(F)cccc3OC)ccc12. The zero-order valence-electron chi connectivity index (χ0n) is 20.1. The van der Waals surface area contributed by atoms with Gasteiger partial charge in [-0.05, 0) is 50.6 Å². The first kappa shape index (κ1) is 24.3. The van der Waals surface area contributed by atoms with Gasteiger partial charge in [0, 0.05) is 23.6 Å². The third-order valence-electron chi connectivity index (χ3n) is 6.91. The van der Waals surface area contributed by atoms with Crippen LogP contribution >= 0.6 is 0 Å². The van der Waals surface area contributed by atoms with E-state index in [1.54, 1.807) is 12.1 Å². The van der Waals surface area contributed by atoms with E-state index in [-0.39, 0.29) is 23.8 Å². The molecule has 0 saturated carbocycles. The molecule has 7 heteroatoms. The van der Waals surface area contributed by atoms with Crippen molar-refractivity contribution in [1.82, 2.24) is 4.90 Å². The lowest BCUT2D eigenvalue weighted by Crippen LogP contribution is -2.44. The summed E-state index contributed by atoms with van der Waals surface area (Å²) in [5, 5.41) is 0. The number of benzene rings is 2. The maximum atomic E-state index is 14.2. The number of piperidine rings is 1. The van der Waals surface area contributed by atoms with Crippen molar-refractivity contribution >= 4 is 5.97 Å². The molecule has 0 aromatic heterocycles. The highest BCUT2D eigenvalue weighted by Crippen LogP contribution is 2.46. The van der Waals surface area contributed by atoms with Gasteiger partial charge in [0.25, 0.3) is 0 Å². The van der Waals surface area contributed by atoms with Gasteiger partial charge in [0.2, 0.25) is 0 Å². The normalized spacial score (nSPS) is 16.7. The molecule has 0 atom stereocenters. The smallest absolute Gasteiger partial charge is 0.307 e. The van der Waals surface area contributed by atoms with Gasteiger partial charge in [-0.25, -0.2) is 4.39 Å². The zero-order chi connectivity index (χ0) is 24.0.